The minimum atomic E-state index is -3.48. The minimum absolute atomic E-state index is 0.141. The Morgan fingerprint density at radius 2 is 2.11 bits per heavy atom. The third-order valence-electron chi connectivity index (χ3n) is 4.29. The number of hydrogen-bond donors (Lipinski definition) is 2. The Hall–Kier alpha value is -0.850. The molecule has 0 bridgehead atoms. The van der Waals surface area contributed by atoms with Gasteiger partial charge in [0.1, 0.15) is 0 Å². The van der Waals surface area contributed by atoms with Gasteiger partial charge >= 0.3 is 0 Å². The Morgan fingerprint density at radius 3 is 2.53 bits per heavy atom. The van der Waals surface area contributed by atoms with Crippen molar-refractivity contribution in [3.8, 4) is 0 Å². The highest BCUT2D eigenvalue weighted by Crippen LogP contribution is 2.51. The summed E-state index contributed by atoms with van der Waals surface area (Å²) >= 11 is 0. The van der Waals surface area contributed by atoms with Gasteiger partial charge in [0.15, 0.2) is 0 Å². The second-order valence-corrected chi connectivity index (χ2v) is 7.54. The summed E-state index contributed by atoms with van der Waals surface area (Å²) in [6, 6.07) is 1.51. The molecular formula is C13H22N2O3S. The third-order valence-corrected chi connectivity index (χ3v) is 5.65. The fourth-order valence-electron chi connectivity index (χ4n) is 2.32. The van der Waals surface area contributed by atoms with Crippen LogP contribution in [-0.4, -0.2) is 24.6 Å². The summed E-state index contributed by atoms with van der Waals surface area (Å²) in [6.07, 6.45) is 3.70. The number of aliphatic hydroxyl groups is 1. The second kappa shape index (κ2) is 4.92. The first kappa shape index (κ1) is 14.6. The molecule has 0 amide bonds. The number of sulfonamides is 1. The van der Waals surface area contributed by atoms with Crippen molar-refractivity contribution in [2.75, 3.05) is 6.54 Å². The molecule has 0 aromatic carbocycles. The summed E-state index contributed by atoms with van der Waals surface area (Å²) in [5.41, 5.74) is 0.729. The van der Waals surface area contributed by atoms with E-state index in [0.29, 0.717) is 18.2 Å². The zero-order chi connectivity index (χ0) is 14.3. The van der Waals surface area contributed by atoms with Gasteiger partial charge in [-0.25, -0.2) is 13.1 Å². The van der Waals surface area contributed by atoms with Crippen molar-refractivity contribution in [3.05, 3.63) is 18.0 Å². The van der Waals surface area contributed by atoms with Gasteiger partial charge in [-0.3, -0.25) is 0 Å². The van der Waals surface area contributed by atoms with Crippen LogP contribution in [0.4, 0.5) is 0 Å². The quantitative estimate of drug-likeness (QED) is 0.826. The minimum Gasteiger partial charge on any atom is -0.390 e. The predicted octanol–water partition coefficient (Wildman–Crippen LogP) is 1.23. The summed E-state index contributed by atoms with van der Waals surface area (Å²) in [5.74, 6) is 0.485. The van der Waals surface area contributed by atoms with E-state index in [2.05, 4.69) is 18.6 Å². The van der Waals surface area contributed by atoms with Crippen molar-refractivity contribution in [1.82, 2.24) is 9.29 Å². The maximum atomic E-state index is 12.2. The van der Waals surface area contributed by atoms with E-state index in [9.17, 15) is 8.42 Å². The van der Waals surface area contributed by atoms with Crippen LogP contribution in [0.2, 0.25) is 0 Å². The van der Waals surface area contributed by atoms with Crippen LogP contribution in [0, 0.1) is 11.3 Å². The molecular weight excluding hydrogens is 264 g/mol. The van der Waals surface area contributed by atoms with Crippen LogP contribution in [-0.2, 0) is 23.7 Å². The van der Waals surface area contributed by atoms with E-state index in [1.165, 1.54) is 12.3 Å². The lowest BCUT2D eigenvalue weighted by Gasteiger charge is -2.19. The molecule has 0 spiro atoms. The Morgan fingerprint density at radius 1 is 1.47 bits per heavy atom. The molecule has 1 heterocycles. The van der Waals surface area contributed by atoms with Crippen molar-refractivity contribution in [1.29, 1.82) is 0 Å². The van der Waals surface area contributed by atoms with Gasteiger partial charge in [-0.1, -0.05) is 13.8 Å². The summed E-state index contributed by atoms with van der Waals surface area (Å²) in [5, 5.41) is 9.10. The molecule has 2 N–H and O–H groups in total. The number of nitrogens with zero attached hydrogens (tertiary/aromatic N) is 1. The molecule has 19 heavy (non-hydrogen) atoms. The van der Waals surface area contributed by atoms with Crippen LogP contribution in [0.15, 0.2) is 17.2 Å². The number of rotatable bonds is 6. The van der Waals surface area contributed by atoms with E-state index in [-0.39, 0.29) is 16.9 Å². The van der Waals surface area contributed by atoms with E-state index in [1.807, 2.05) is 0 Å². The van der Waals surface area contributed by atoms with E-state index < -0.39 is 10.0 Å². The van der Waals surface area contributed by atoms with Gasteiger partial charge in [-0.05, 0) is 30.2 Å². The van der Waals surface area contributed by atoms with Gasteiger partial charge in [0.2, 0.25) is 10.0 Å². The van der Waals surface area contributed by atoms with E-state index in [1.54, 1.807) is 11.6 Å². The van der Waals surface area contributed by atoms with Gasteiger partial charge in [-0.15, -0.1) is 0 Å². The molecule has 6 heteroatoms. The summed E-state index contributed by atoms with van der Waals surface area (Å²) < 4.78 is 28.7. The Balaban J connectivity index is 2.10. The number of hydrogen-bond acceptors (Lipinski definition) is 3. The summed E-state index contributed by atoms with van der Waals surface area (Å²) in [6.45, 7) is 4.60. The van der Waals surface area contributed by atoms with Crippen molar-refractivity contribution in [3.63, 3.8) is 0 Å². The molecule has 1 aliphatic carbocycles. The molecule has 0 unspecified atom stereocenters. The maximum absolute atomic E-state index is 12.2. The van der Waals surface area contributed by atoms with E-state index >= 15 is 0 Å². The number of aryl methyl sites for hydroxylation is 1. The molecule has 0 saturated heterocycles. The highest BCUT2D eigenvalue weighted by atomic mass is 32.2. The summed E-state index contributed by atoms with van der Waals surface area (Å²) in [4.78, 5) is 0.221. The maximum Gasteiger partial charge on any atom is 0.242 e. The number of aliphatic hydroxyl groups excluding tert-OH is 1. The fraction of sp³-hybridized carbons (Fsp3) is 0.692. The number of nitrogens with one attached hydrogen (secondary N) is 1. The van der Waals surface area contributed by atoms with Crippen molar-refractivity contribution in [2.45, 2.75) is 38.2 Å². The number of aromatic nitrogens is 1. The fourth-order valence-corrected chi connectivity index (χ4v) is 3.55. The van der Waals surface area contributed by atoms with Crippen LogP contribution in [0.3, 0.4) is 0 Å². The Kier molecular flexibility index (Phi) is 3.77. The standard InChI is InChI=1S/C13H22N2O3S/c1-10(2)13(4-5-13)9-14-19(17,18)12-6-11(8-16)15(3)7-12/h6-7,10,14,16H,4-5,8-9H2,1-3H3. The zero-order valence-corrected chi connectivity index (χ0v) is 12.5. The SMILES string of the molecule is CC(C)C1(CNS(=O)(=O)c2cc(CO)n(C)c2)CC1. The molecule has 108 valence electrons. The van der Waals surface area contributed by atoms with Gasteiger partial charge in [-0.2, -0.15) is 0 Å². The van der Waals surface area contributed by atoms with Crippen LogP contribution >= 0.6 is 0 Å². The first-order valence-corrected chi connectivity index (χ1v) is 8.05. The van der Waals surface area contributed by atoms with Crippen LogP contribution < -0.4 is 4.72 Å². The normalized spacial score (nSPS) is 17.9. The lowest BCUT2D eigenvalue weighted by atomic mass is 9.93. The van der Waals surface area contributed by atoms with E-state index in [4.69, 9.17) is 5.11 Å². The largest absolute Gasteiger partial charge is 0.390 e. The molecule has 1 fully saturated rings. The average Bonchev–Trinajstić information content (AvgIpc) is 3.04. The van der Waals surface area contributed by atoms with Gasteiger partial charge in [0.05, 0.1) is 11.5 Å². The molecule has 0 radical (unpaired) electrons. The van der Waals surface area contributed by atoms with Crippen molar-refractivity contribution < 1.29 is 13.5 Å². The van der Waals surface area contributed by atoms with Crippen LogP contribution in [0.1, 0.15) is 32.4 Å². The molecule has 0 aliphatic heterocycles. The molecule has 1 aromatic heterocycles. The zero-order valence-electron chi connectivity index (χ0n) is 11.7. The average molecular weight is 286 g/mol. The summed E-state index contributed by atoms with van der Waals surface area (Å²) in [7, 11) is -1.76. The molecule has 1 saturated carbocycles. The van der Waals surface area contributed by atoms with Crippen molar-refractivity contribution in [2.24, 2.45) is 18.4 Å². The van der Waals surface area contributed by atoms with Gasteiger partial charge < -0.3 is 9.67 Å². The molecule has 1 aromatic rings. The van der Waals surface area contributed by atoms with E-state index in [0.717, 1.165) is 12.8 Å². The first-order valence-electron chi connectivity index (χ1n) is 6.56. The molecule has 0 atom stereocenters. The highest BCUT2D eigenvalue weighted by molar-refractivity contribution is 7.89. The Bertz CT molecular complexity index is 556. The topological polar surface area (TPSA) is 71.3 Å². The van der Waals surface area contributed by atoms with Gasteiger partial charge in [0.25, 0.3) is 0 Å². The van der Waals surface area contributed by atoms with Gasteiger partial charge in [0, 0.05) is 25.5 Å². The lowest BCUT2D eigenvalue weighted by molar-refractivity contribution is 0.272. The smallest absolute Gasteiger partial charge is 0.242 e. The predicted molar refractivity (Wildman–Crippen MR) is 73.0 cm³/mol. The second-order valence-electron chi connectivity index (χ2n) is 5.78. The Labute approximate surface area is 114 Å². The third kappa shape index (κ3) is 2.85. The van der Waals surface area contributed by atoms with Crippen LogP contribution in [0.25, 0.3) is 0 Å². The van der Waals surface area contributed by atoms with Crippen molar-refractivity contribution >= 4 is 10.0 Å². The lowest BCUT2D eigenvalue weighted by Crippen LogP contribution is -2.32. The molecule has 2 rings (SSSR count). The van der Waals surface area contributed by atoms with Crippen LogP contribution in [0.5, 0.6) is 0 Å². The first-order chi connectivity index (χ1) is 8.81. The molecule has 1 aliphatic rings. The highest BCUT2D eigenvalue weighted by Gasteiger charge is 2.45. The molecule has 5 nitrogen and oxygen atoms in total. The monoisotopic (exact) mass is 286 g/mol.